The normalized spacial score (nSPS) is 14.8. The summed E-state index contributed by atoms with van der Waals surface area (Å²) in [5.74, 6) is 0.0356. The Morgan fingerprint density at radius 3 is 2.45 bits per heavy atom. The topological polar surface area (TPSA) is 116 Å². The average molecular weight is 546 g/mol. The Labute approximate surface area is 227 Å². The zero-order chi connectivity index (χ0) is 27.2. The Hall–Kier alpha value is -2.23. The van der Waals surface area contributed by atoms with Gasteiger partial charge in [0.15, 0.2) is 9.84 Å². The molecular weight excluding hydrogens is 502 g/mol. The SMILES string of the molecule is O=S(=O)(c1cccc(CCCCOCCCCCCNCC(O)c2ccc(O)c(CO)c2)c1)C1CC=CC1. The molecule has 1 atom stereocenters. The van der Waals surface area contributed by atoms with Gasteiger partial charge in [-0.05, 0) is 86.9 Å². The summed E-state index contributed by atoms with van der Waals surface area (Å²) >= 11 is 0. The van der Waals surface area contributed by atoms with Crippen molar-refractivity contribution < 1.29 is 28.5 Å². The second-order valence-electron chi connectivity index (χ2n) is 10.0. The number of hydrogen-bond donors (Lipinski definition) is 4. The van der Waals surface area contributed by atoms with Crippen LogP contribution in [-0.4, -0.2) is 55.3 Å². The Kier molecular flexibility index (Phi) is 12.8. The quantitative estimate of drug-likeness (QED) is 0.160. The van der Waals surface area contributed by atoms with Crippen LogP contribution in [0.2, 0.25) is 0 Å². The number of nitrogens with one attached hydrogen (secondary N) is 1. The summed E-state index contributed by atoms with van der Waals surface area (Å²) in [4.78, 5) is 0.445. The third-order valence-electron chi connectivity index (χ3n) is 7.02. The highest BCUT2D eigenvalue weighted by Gasteiger charge is 2.27. The molecule has 0 saturated carbocycles. The predicted octanol–water partition coefficient (Wildman–Crippen LogP) is 4.60. The van der Waals surface area contributed by atoms with Crippen LogP contribution in [0.1, 0.15) is 74.2 Å². The molecule has 0 bridgehead atoms. The first-order chi connectivity index (χ1) is 18.4. The predicted molar refractivity (Wildman–Crippen MR) is 150 cm³/mol. The highest BCUT2D eigenvalue weighted by atomic mass is 32.2. The lowest BCUT2D eigenvalue weighted by atomic mass is 10.1. The fraction of sp³-hybridized carbons (Fsp3) is 0.533. The summed E-state index contributed by atoms with van der Waals surface area (Å²) in [7, 11) is -3.25. The zero-order valence-corrected chi connectivity index (χ0v) is 23.0. The Morgan fingerprint density at radius 2 is 1.68 bits per heavy atom. The molecule has 8 heteroatoms. The largest absolute Gasteiger partial charge is 0.508 e. The van der Waals surface area contributed by atoms with Crippen molar-refractivity contribution in [3.05, 3.63) is 71.3 Å². The minimum Gasteiger partial charge on any atom is -0.508 e. The molecule has 1 unspecified atom stereocenters. The van der Waals surface area contributed by atoms with Crippen LogP contribution in [0, 0.1) is 0 Å². The van der Waals surface area contributed by atoms with Gasteiger partial charge in [0.1, 0.15) is 5.75 Å². The number of aliphatic hydroxyl groups excluding tert-OH is 2. The maximum absolute atomic E-state index is 12.8. The van der Waals surface area contributed by atoms with Crippen molar-refractivity contribution in [1.29, 1.82) is 0 Å². The van der Waals surface area contributed by atoms with Crippen LogP contribution in [0.15, 0.2) is 59.5 Å². The van der Waals surface area contributed by atoms with Crippen LogP contribution in [0.25, 0.3) is 0 Å². The van der Waals surface area contributed by atoms with Crippen LogP contribution >= 0.6 is 0 Å². The van der Waals surface area contributed by atoms with E-state index in [1.807, 2.05) is 30.4 Å². The first-order valence-corrected chi connectivity index (χ1v) is 15.3. The number of aryl methyl sites for hydroxylation is 1. The van der Waals surface area contributed by atoms with Crippen molar-refractivity contribution in [2.24, 2.45) is 0 Å². The van der Waals surface area contributed by atoms with Crippen molar-refractivity contribution >= 4 is 9.84 Å². The molecule has 0 saturated heterocycles. The molecule has 2 aromatic rings. The van der Waals surface area contributed by atoms with Crippen molar-refractivity contribution in [3.63, 3.8) is 0 Å². The van der Waals surface area contributed by atoms with Crippen molar-refractivity contribution in [1.82, 2.24) is 5.32 Å². The average Bonchev–Trinajstić information content (AvgIpc) is 3.48. The minimum atomic E-state index is -3.25. The monoisotopic (exact) mass is 545 g/mol. The first-order valence-electron chi connectivity index (χ1n) is 13.8. The van der Waals surface area contributed by atoms with E-state index in [0.717, 1.165) is 70.3 Å². The van der Waals surface area contributed by atoms with Gasteiger partial charge in [0.2, 0.25) is 0 Å². The zero-order valence-electron chi connectivity index (χ0n) is 22.2. The number of allylic oxidation sites excluding steroid dienone is 2. The molecule has 2 aromatic carbocycles. The molecule has 38 heavy (non-hydrogen) atoms. The van der Waals surface area contributed by atoms with Crippen LogP contribution in [0.4, 0.5) is 0 Å². The van der Waals surface area contributed by atoms with E-state index in [0.29, 0.717) is 35.4 Å². The highest BCUT2D eigenvalue weighted by molar-refractivity contribution is 7.92. The molecule has 0 spiro atoms. The number of ether oxygens (including phenoxy) is 1. The van der Waals surface area contributed by atoms with Gasteiger partial charge in [-0.3, -0.25) is 0 Å². The van der Waals surface area contributed by atoms with Gasteiger partial charge < -0.3 is 25.4 Å². The van der Waals surface area contributed by atoms with Gasteiger partial charge in [-0.1, -0.05) is 43.2 Å². The summed E-state index contributed by atoms with van der Waals surface area (Å²) in [5, 5.41) is 32.1. The van der Waals surface area contributed by atoms with Gasteiger partial charge in [-0.2, -0.15) is 0 Å². The van der Waals surface area contributed by atoms with Crippen molar-refractivity contribution in [3.8, 4) is 5.75 Å². The highest BCUT2D eigenvalue weighted by Crippen LogP contribution is 2.26. The van der Waals surface area contributed by atoms with Gasteiger partial charge in [-0.25, -0.2) is 8.42 Å². The molecule has 4 N–H and O–H groups in total. The second kappa shape index (κ2) is 16.0. The lowest BCUT2D eigenvalue weighted by molar-refractivity contribution is 0.126. The number of phenols is 1. The summed E-state index contributed by atoms with van der Waals surface area (Å²) in [6.45, 7) is 2.47. The molecule has 0 heterocycles. The smallest absolute Gasteiger partial charge is 0.181 e. The lowest BCUT2D eigenvalue weighted by Crippen LogP contribution is -2.22. The van der Waals surface area contributed by atoms with E-state index in [9.17, 15) is 23.7 Å². The molecule has 3 rings (SSSR count). The molecule has 1 aliphatic carbocycles. The molecule has 0 fully saturated rings. The Balaban J connectivity index is 1.17. The Morgan fingerprint density at radius 1 is 0.947 bits per heavy atom. The van der Waals surface area contributed by atoms with Gasteiger partial charge in [0, 0.05) is 25.3 Å². The van der Waals surface area contributed by atoms with Crippen LogP contribution in [-0.2, 0) is 27.6 Å². The number of sulfone groups is 1. The van der Waals surface area contributed by atoms with Crippen molar-refractivity contribution in [2.75, 3.05) is 26.3 Å². The summed E-state index contributed by atoms with van der Waals surface area (Å²) in [6.07, 6.45) is 11.5. The third-order valence-corrected chi connectivity index (χ3v) is 9.20. The van der Waals surface area contributed by atoms with E-state index in [2.05, 4.69) is 5.32 Å². The second-order valence-corrected chi connectivity index (χ2v) is 12.2. The maximum Gasteiger partial charge on any atom is 0.181 e. The molecule has 1 aliphatic rings. The molecular formula is C30H43NO6S. The van der Waals surface area contributed by atoms with Gasteiger partial charge in [-0.15, -0.1) is 0 Å². The fourth-order valence-electron chi connectivity index (χ4n) is 4.65. The lowest BCUT2D eigenvalue weighted by Gasteiger charge is -2.14. The molecule has 0 aromatic heterocycles. The van der Waals surface area contributed by atoms with Gasteiger partial charge >= 0.3 is 0 Å². The fourth-order valence-corrected chi connectivity index (χ4v) is 6.35. The maximum atomic E-state index is 12.8. The molecule has 0 aliphatic heterocycles. The number of rotatable bonds is 18. The number of hydrogen-bond acceptors (Lipinski definition) is 7. The summed E-state index contributed by atoms with van der Waals surface area (Å²) < 4.78 is 31.3. The van der Waals surface area contributed by atoms with Gasteiger partial charge in [0.25, 0.3) is 0 Å². The van der Waals surface area contributed by atoms with E-state index in [1.165, 1.54) is 6.07 Å². The molecule has 0 amide bonds. The summed E-state index contributed by atoms with van der Waals surface area (Å²) in [6, 6.07) is 12.2. The first kappa shape index (κ1) is 30.3. The number of aliphatic hydroxyl groups is 2. The Bertz CT molecular complexity index is 1110. The minimum absolute atomic E-state index is 0.0356. The molecule has 7 nitrogen and oxygen atoms in total. The number of benzene rings is 2. The van der Waals surface area contributed by atoms with E-state index in [-0.39, 0.29) is 17.6 Å². The van der Waals surface area contributed by atoms with Crippen LogP contribution in [0.3, 0.4) is 0 Å². The van der Waals surface area contributed by atoms with Crippen LogP contribution < -0.4 is 5.32 Å². The number of unbranched alkanes of at least 4 members (excludes halogenated alkanes) is 4. The standard InChI is InChI=1S/C30H43NO6S/c32-23-26-21-25(15-16-29(26)33)30(34)22-31-17-6-1-2-7-18-37-19-8-5-10-24-11-9-14-28(20-24)38(35,36)27-12-3-4-13-27/h3-4,9,11,14-16,20-21,27,30-34H,1-2,5-8,10,12-13,17-19,22-23H2. The van der Waals surface area contributed by atoms with Crippen LogP contribution in [0.5, 0.6) is 5.75 Å². The summed E-state index contributed by atoms with van der Waals surface area (Å²) in [5.41, 5.74) is 2.16. The van der Waals surface area contributed by atoms with E-state index >= 15 is 0 Å². The van der Waals surface area contributed by atoms with Crippen molar-refractivity contribution in [2.45, 2.75) is 80.6 Å². The number of aromatic hydroxyl groups is 1. The molecule has 210 valence electrons. The van der Waals surface area contributed by atoms with E-state index in [4.69, 9.17) is 4.74 Å². The van der Waals surface area contributed by atoms with E-state index in [1.54, 1.807) is 18.2 Å². The molecule has 0 radical (unpaired) electrons. The third kappa shape index (κ3) is 9.50. The van der Waals surface area contributed by atoms with Gasteiger partial charge in [0.05, 0.1) is 22.9 Å². The van der Waals surface area contributed by atoms with E-state index < -0.39 is 15.9 Å².